The molecule has 1 aliphatic carbocycles. The van der Waals surface area contributed by atoms with E-state index in [1.807, 2.05) is 7.05 Å². The summed E-state index contributed by atoms with van der Waals surface area (Å²) in [5, 5.41) is 6.82. The maximum Gasteiger partial charge on any atom is 0.137 e. The molecule has 5 nitrogen and oxygen atoms in total. The van der Waals surface area contributed by atoms with Gasteiger partial charge in [-0.15, -0.1) is 0 Å². The van der Waals surface area contributed by atoms with E-state index < -0.39 is 0 Å². The SMILES string of the molecule is CN[C@@H]1CCN(c2ncnc(NCC3CC3)c2C)C1. The molecule has 1 aliphatic heterocycles. The summed E-state index contributed by atoms with van der Waals surface area (Å²) in [6.07, 6.45) is 5.59. The van der Waals surface area contributed by atoms with Crippen LogP contribution in [-0.4, -0.2) is 42.7 Å². The first kappa shape index (κ1) is 12.7. The number of rotatable bonds is 5. The van der Waals surface area contributed by atoms with Crippen LogP contribution in [0.2, 0.25) is 0 Å². The lowest BCUT2D eigenvalue weighted by molar-refractivity contribution is 0.616. The highest BCUT2D eigenvalue weighted by Crippen LogP contribution is 2.30. The lowest BCUT2D eigenvalue weighted by Gasteiger charge is -2.20. The van der Waals surface area contributed by atoms with Gasteiger partial charge in [-0.25, -0.2) is 9.97 Å². The van der Waals surface area contributed by atoms with Crippen molar-refractivity contribution in [3.05, 3.63) is 11.9 Å². The van der Waals surface area contributed by atoms with Crippen LogP contribution in [0.3, 0.4) is 0 Å². The molecular formula is C14H23N5. The van der Waals surface area contributed by atoms with Crippen molar-refractivity contribution in [3.63, 3.8) is 0 Å². The zero-order chi connectivity index (χ0) is 13.2. The summed E-state index contributed by atoms with van der Waals surface area (Å²) >= 11 is 0. The Labute approximate surface area is 114 Å². The monoisotopic (exact) mass is 261 g/mol. The van der Waals surface area contributed by atoms with E-state index in [0.717, 1.165) is 37.2 Å². The van der Waals surface area contributed by atoms with Gasteiger partial charge >= 0.3 is 0 Å². The molecule has 0 spiro atoms. The summed E-state index contributed by atoms with van der Waals surface area (Å²) in [5.74, 6) is 2.95. The fourth-order valence-corrected chi connectivity index (χ4v) is 2.69. The molecule has 0 amide bonds. The lowest BCUT2D eigenvalue weighted by atomic mass is 10.2. The third-order valence-electron chi connectivity index (χ3n) is 4.21. The van der Waals surface area contributed by atoms with Crippen molar-refractivity contribution in [2.24, 2.45) is 5.92 Å². The van der Waals surface area contributed by atoms with Gasteiger partial charge in [-0.1, -0.05) is 0 Å². The van der Waals surface area contributed by atoms with Crippen molar-refractivity contribution >= 4 is 11.6 Å². The topological polar surface area (TPSA) is 53.1 Å². The van der Waals surface area contributed by atoms with E-state index in [2.05, 4.69) is 32.4 Å². The molecule has 1 saturated carbocycles. The van der Waals surface area contributed by atoms with Gasteiger partial charge in [-0.2, -0.15) is 0 Å². The molecule has 1 aromatic rings. The molecule has 5 heteroatoms. The Kier molecular flexibility index (Phi) is 3.55. The molecule has 2 aliphatic rings. The standard InChI is InChI=1S/C14H23N5/c1-10-13(16-7-11-3-4-11)17-9-18-14(10)19-6-5-12(8-19)15-2/h9,11-12,15H,3-8H2,1-2H3,(H,16,17,18)/t12-/m1/s1. The lowest BCUT2D eigenvalue weighted by Crippen LogP contribution is -2.30. The third kappa shape index (κ3) is 2.81. The summed E-state index contributed by atoms with van der Waals surface area (Å²) in [5.41, 5.74) is 1.18. The fraction of sp³-hybridized carbons (Fsp3) is 0.714. The van der Waals surface area contributed by atoms with Gasteiger partial charge in [-0.05, 0) is 39.2 Å². The number of aromatic nitrogens is 2. The summed E-state index contributed by atoms with van der Waals surface area (Å²) in [7, 11) is 2.03. The quantitative estimate of drug-likeness (QED) is 0.839. The number of hydrogen-bond acceptors (Lipinski definition) is 5. The Morgan fingerprint density at radius 3 is 2.84 bits per heavy atom. The van der Waals surface area contributed by atoms with Crippen LogP contribution < -0.4 is 15.5 Å². The number of nitrogens with one attached hydrogen (secondary N) is 2. The van der Waals surface area contributed by atoms with E-state index >= 15 is 0 Å². The van der Waals surface area contributed by atoms with Crippen molar-refractivity contribution in [1.82, 2.24) is 15.3 Å². The smallest absolute Gasteiger partial charge is 0.137 e. The van der Waals surface area contributed by atoms with E-state index in [1.165, 1.54) is 24.8 Å². The van der Waals surface area contributed by atoms with Crippen LogP contribution in [0.1, 0.15) is 24.8 Å². The Balaban J connectivity index is 1.71. The van der Waals surface area contributed by atoms with Gasteiger partial charge in [0.25, 0.3) is 0 Å². The molecule has 0 unspecified atom stereocenters. The average Bonchev–Trinajstić information content (AvgIpc) is 3.13. The van der Waals surface area contributed by atoms with Gasteiger partial charge < -0.3 is 15.5 Å². The van der Waals surface area contributed by atoms with Crippen LogP contribution >= 0.6 is 0 Å². The highest BCUT2D eigenvalue weighted by Gasteiger charge is 2.25. The van der Waals surface area contributed by atoms with Crippen LogP contribution in [0.4, 0.5) is 11.6 Å². The summed E-state index contributed by atoms with van der Waals surface area (Å²) < 4.78 is 0. The van der Waals surface area contributed by atoms with Crippen molar-refractivity contribution < 1.29 is 0 Å². The van der Waals surface area contributed by atoms with E-state index in [0.29, 0.717) is 6.04 Å². The van der Waals surface area contributed by atoms with Crippen LogP contribution in [0, 0.1) is 12.8 Å². The molecule has 2 N–H and O–H groups in total. The Bertz CT molecular complexity index is 443. The van der Waals surface area contributed by atoms with E-state index in [4.69, 9.17) is 0 Å². The third-order valence-corrected chi connectivity index (χ3v) is 4.21. The average molecular weight is 261 g/mol. The second-order valence-corrected chi connectivity index (χ2v) is 5.72. The molecule has 1 aromatic heterocycles. The van der Waals surface area contributed by atoms with Gasteiger partial charge in [0.05, 0.1) is 0 Å². The molecule has 3 rings (SSSR count). The molecule has 1 atom stereocenters. The molecule has 2 heterocycles. The normalized spacial score (nSPS) is 22.8. The predicted molar refractivity (Wildman–Crippen MR) is 77.7 cm³/mol. The number of hydrogen-bond donors (Lipinski definition) is 2. The van der Waals surface area contributed by atoms with Crippen molar-refractivity contribution in [3.8, 4) is 0 Å². The molecule has 0 radical (unpaired) electrons. The van der Waals surface area contributed by atoms with Gasteiger partial charge in [0, 0.05) is 31.2 Å². The summed E-state index contributed by atoms with van der Waals surface area (Å²) in [6, 6.07) is 0.581. The minimum absolute atomic E-state index is 0.581. The zero-order valence-electron chi connectivity index (χ0n) is 11.8. The minimum atomic E-state index is 0.581. The number of likely N-dealkylation sites (N-methyl/N-ethyl adjacent to an activating group) is 1. The largest absolute Gasteiger partial charge is 0.369 e. The Morgan fingerprint density at radius 2 is 2.16 bits per heavy atom. The van der Waals surface area contributed by atoms with Crippen molar-refractivity contribution in [2.45, 2.75) is 32.2 Å². The van der Waals surface area contributed by atoms with Crippen molar-refractivity contribution in [2.75, 3.05) is 36.9 Å². The summed E-state index contributed by atoms with van der Waals surface area (Å²) in [6.45, 7) is 5.29. The molecule has 19 heavy (non-hydrogen) atoms. The number of anilines is 2. The first-order valence-corrected chi connectivity index (χ1v) is 7.25. The van der Waals surface area contributed by atoms with E-state index in [1.54, 1.807) is 6.33 Å². The van der Waals surface area contributed by atoms with Gasteiger partial charge in [-0.3, -0.25) is 0 Å². The van der Waals surface area contributed by atoms with E-state index in [9.17, 15) is 0 Å². The second kappa shape index (κ2) is 5.33. The van der Waals surface area contributed by atoms with Gasteiger partial charge in [0.2, 0.25) is 0 Å². The minimum Gasteiger partial charge on any atom is -0.369 e. The first-order chi connectivity index (χ1) is 9.28. The first-order valence-electron chi connectivity index (χ1n) is 7.25. The molecule has 1 saturated heterocycles. The van der Waals surface area contributed by atoms with Crippen molar-refractivity contribution in [1.29, 1.82) is 0 Å². The van der Waals surface area contributed by atoms with Crippen LogP contribution in [-0.2, 0) is 0 Å². The highest BCUT2D eigenvalue weighted by atomic mass is 15.2. The highest BCUT2D eigenvalue weighted by molar-refractivity contribution is 5.58. The van der Waals surface area contributed by atoms with Crippen LogP contribution in [0.15, 0.2) is 6.33 Å². The Hall–Kier alpha value is -1.36. The predicted octanol–water partition coefficient (Wildman–Crippen LogP) is 1.41. The molecule has 0 aromatic carbocycles. The molecule has 0 bridgehead atoms. The fourth-order valence-electron chi connectivity index (χ4n) is 2.69. The molecular weight excluding hydrogens is 238 g/mol. The zero-order valence-corrected chi connectivity index (χ0v) is 11.8. The maximum absolute atomic E-state index is 4.48. The molecule has 104 valence electrons. The van der Waals surface area contributed by atoms with Crippen LogP contribution in [0.5, 0.6) is 0 Å². The van der Waals surface area contributed by atoms with E-state index in [-0.39, 0.29) is 0 Å². The Morgan fingerprint density at radius 1 is 1.32 bits per heavy atom. The van der Waals surface area contributed by atoms with Gasteiger partial charge in [0.1, 0.15) is 18.0 Å². The number of nitrogens with zero attached hydrogens (tertiary/aromatic N) is 3. The summed E-state index contributed by atoms with van der Waals surface area (Å²) in [4.78, 5) is 11.2. The van der Waals surface area contributed by atoms with Gasteiger partial charge in [0.15, 0.2) is 0 Å². The van der Waals surface area contributed by atoms with Crippen LogP contribution in [0.25, 0.3) is 0 Å². The second-order valence-electron chi connectivity index (χ2n) is 5.72. The maximum atomic E-state index is 4.48. The molecule has 2 fully saturated rings.